The Kier molecular flexibility index (Phi) is 8.34. The zero-order chi connectivity index (χ0) is 20.4. The van der Waals surface area contributed by atoms with Crippen molar-refractivity contribution < 1.29 is 14.3 Å². The number of hydrogen-bond acceptors (Lipinski definition) is 4. The van der Waals surface area contributed by atoms with E-state index in [4.69, 9.17) is 4.74 Å². The van der Waals surface area contributed by atoms with Crippen molar-refractivity contribution >= 4 is 23.2 Å². The van der Waals surface area contributed by atoms with Crippen molar-refractivity contribution in [1.82, 2.24) is 5.32 Å². The van der Waals surface area contributed by atoms with E-state index in [1.54, 1.807) is 24.3 Å². The zero-order valence-corrected chi connectivity index (χ0v) is 16.7. The van der Waals surface area contributed by atoms with Gasteiger partial charge in [-0.15, -0.1) is 0 Å². The van der Waals surface area contributed by atoms with Crippen LogP contribution < -0.4 is 20.7 Å². The highest BCUT2D eigenvalue weighted by molar-refractivity contribution is 5.98. The third-order valence-electron chi connectivity index (χ3n) is 4.16. The predicted molar refractivity (Wildman–Crippen MR) is 113 cm³/mol. The van der Waals surface area contributed by atoms with E-state index in [-0.39, 0.29) is 24.5 Å². The number of amides is 2. The van der Waals surface area contributed by atoms with Gasteiger partial charge in [-0.3, -0.25) is 9.59 Å². The van der Waals surface area contributed by atoms with Gasteiger partial charge in [-0.2, -0.15) is 0 Å². The topological polar surface area (TPSA) is 79.5 Å². The molecule has 0 spiro atoms. The summed E-state index contributed by atoms with van der Waals surface area (Å²) in [7, 11) is 0. The number of hydrogen-bond donors (Lipinski definition) is 3. The molecule has 28 heavy (non-hydrogen) atoms. The molecule has 0 bridgehead atoms. The molecule has 150 valence electrons. The minimum absolute atomic E-state index is 0.123. The normalized spacial score (nSPS) is 11.4. The van der Waals surface area contributed by atoms with Gasteiger partial charge in [-0.25, -0.2) is 0 Å². The molecule has 1 unspecified atom stereocenters. The molecule has 6 nitrogen and oxygen atoms in total. The summed E-state index contributed by atoms with van der Waals surface area (Å²) < 4.78 is 5.74. The van der Waals surface area contributed by atoms with Crippen molar-refractivity contribution in [3.8, 4) is 5.75 Å². The molecule has 2 rings (SSSR count). The van der Waals surface area contributed by atoms with E-state index in [2.05, 4.69) is 22.9 Å². The van der Waals surface area contributed by atoms with Gasteiger partial charge in [-0.05, 0) is 62.2 Å². The molecule has 0 aromatic heterocycles. The molecule has 0 radical (unpaired) electrons. The molecule has 0 saturated heterocycles. The molecule has 3 N–H and O–H groups in total. The average Bonchev–Trinajstić information content (AvgIpc) is 2.71. The van der Waals surface area contributed by atoms with Crippen LogP contribution >= 0.6 is 0 Å². The van der Waals surface area contributed by atoms with Gasteiger partial charge in [0, 0.05) is 23.5 Å². The Balaban J connectivity index is 1.84. The number of nitrogens with one attached hydrogen (secondary N) is 3. The van der Waals surface area contributed by atoms with Gasteiger partial charge in [0.2, 0.25) is 5.91 Å². The fraction of sp³-hybridized carbons (Fsp3) is 0.364. The van der Waals surface area contributed by atoms with Crippen LogP contribution in [0.3, 0.4) is 0 Å². The number of ether oxygens (including phenoxy) is 1. The molecular formula is C22H29N3O3. The second-order valence-corrected chi connectivity index (χ2v) is 6.60. The fourth-order valence-corrected chi connectivity index (χ4v) is 2.43. The lowest BCUT2D eigenvalue weighted by Crippen LogP contribution is -2.24. The monoisotopic (exact) mass is 383 g/mol. The van der Waals surface area contributed by atoms with Crippen LogP contribution in [0.15, 0.2) is 48.5 Å². The average molecular weight is 383 g/mol. The summed E-state index contributed by atoms with van der Waals surface area (Å²) in [5.74, 6) is 0.476. The van der Waals surface area contributed by atoms with Crippen molar-refractivity contribution in [2.45, 2.75) is 39.7 Å². The van der Waals surface area contributed by atoms with Gasteiger partial charge >= 0.3 is 0 Å². The highest BCUT2D eigenvalue weighted by Gasteiger charge is 2.08. The summed E-state index contributed by atoms with van der Waals surface area (Å²) in [6, 6.07) is 14.4. The van der Waals surface area contributed by atoms with E-state index in [0.29, 0.717) is 17.8 Å². The Labute approximate surface area is 166 Å². The predicted octanol–water partition coefficient (Wildman–Crippen LogP) is 4.05. The molecule has 0 fully saturated rings. The summed E-state index contributed by atoms with van der Waals surface area (Å²) in [6.45, 7) is 6.85. The molecule has 6 heteroatoms. The van der Waals surface area contributed by atoms with Gasteiger partial charge in [0.25, 0.3) is 5.91 Å². The third-order valence-corrected chi connectivity index (χ3v) is 4.16. The van der Waals surface area contributed by atoms with E-state index < -0.39 is 0 Å². The van der Waals surface area contributed by atoms with Gasteiger partial charge in [0.05, 0.1) is 12.6 Å². The first-order valence-electron chi connectivity index (χ1n) is 9.70. The van der Waals surface area contributed by atoms with E-state index in [0.717, 1.165) is 24.3 Å². The van der Waals surface area contributed by atoms with Gasteiger partial charge in [0.1, 0.15) is 5.75 Å². The summed E-state index contributed by atoms with van der Waals surface area (Å²) in [5, 5.41) is 8.70. The highest BCUT2D eigenvalue weighted by atomic mass is 16.5. The molecule has 0 saturated carbocycles. The maximum absolute atomic E-state index is 12.2. The minimum Gasteiger partial charge on any atom is -0.491 e. The van der Waals surface area contributed by atoms with Crippen LogP contribution in [-0.2, 0) is 4.79 Å². The van der Waals surface area contributed by atoms with E-state index >= 15 is 0 Å². The number of rotatable bonds is 10. The Hall–Kier alpha value is -3.02. The Bertz CT molecular complexity index is 775. The molecule has 1 atom stereocenters. The van der Waals surface area contributed by atoms with Crippen molar-refractivity contribution in [3.05, 3.63) is 54.1 Å². The largest absolute Gasteiger partial charge is 0.491 e. The molecule has 2 amide bonds. The molecule has 2 aromatic carbocycles. The van der Waals surface area contributed by atoms with Crippen molar-refractivity contribution in [3.63, 3.8) is 0 Å². The maximum atomic E-state index is 12.2. The smallest absolute Gasteiger partial charge is 0.251 e. The molecule has 0 aliphatic carbocycles. The fourth-order valence-electron chi connectivity index (χ4n) is 2.43. The maximum Gasteiger partial charge on any atom is 0.251 e. The number of benzene rings is 2. The van der Waals surface area contributed by atoms with Crippen LogP contribution in [0.1, 0.15) is 44.0 Å². The molecule has 2 aromatic rings. The lowest BCUT2D eigenvalue weighted by molar-refractivity contribution is -0.114. The second kappa shape index (κ2) is 11.0. The molecular weight excluding hydrogens is 354 g/mol. The Morgan fingerprint density at radius 1 is 1.04 bits per heavy atom. The van der Waals surface area contributed by atoms with E-state index in [1.807, 2.05) is 38.1 Å². The standard InChI is InChI=1S/C22H29N3O3/c1-4-13-23-22(27)17-7-6-8-19(14-17)25-21(26)15-24-18-9-11-20(12-10-18)28-16(3)5-2/h6-12,14,16,24H,4-5,13,15H2,1-3H3,(H,23,27)(H,25,26). The SMILES string of the molecule is CCCNC(=O)c1cccc(NC(=O)CNc2ccc(OC(C)CC)cc2)c1. The summed E-state index contributed by atoms with van der Waals surface area (Å²) in [4.78, 5) is 24.2. The van der Waals surface area contributed by atoms with Crippen LogP contribution in [0.2, 0.25) is 0 Å². The van der Waals surface area contributed by atoms with Crippen molar-refractivity contribution in [1.29, 1.82) is 0 Å². The van der Waals surface area contributed by atoms with Crippen molar-refractivity contribution in [2.75, 3.05) is 23.7 Å². The highest BCUT2D eigenvalue weighted by Crippen LogP contribution is 2.17. The minimum atomic E-state index is -0.189. The number of anilines is 2. The van der Waals surface area contributed by atoms with Crippen LogP contribution in [0, 0.1) is 0 Å². The molecule has 0 heterocycles. The zero-order valence-electron chi connectivity index (χ0n) is 16.7. The summed E-state index contributed by atoms with van der Waals surface area (Å²) in [6.07, 6.45) is 1.99. The Morgan fingerprint density at radius 3 is 2.46 bits per heavy atom. The first-order chi connectivity index (χ1) is 13.5. The first-order valence-corrected chi connectivity index (χ1v) is 9.70. The second-order valence-electron chi connectivity index (χ2n) is 6.60. The van der Waals surface area contributed by atoms with Crippen LogP contribution in [0.4, 0.5) is 11.4 Å². The van der Waals surface area contributed by atoms with E-state index in [9.17, 15) is 9.59 Å². The third kappa shape index (κ3) is 6.95. The van der Waals surface area contributed by atoms with Crippen LogP contribution in [0.5, 0.6) is 5.75 Å². The van der Waals surface area contributed by atoms with Gasteiger partial charge in [0.15, 0.2) is 0 Å². The van der Waals surface area contributed by atoms with Gasteiger partial charge in [-0.1, -0.05) is 19.9 Å². The quantitative estimate of drug-likeness (QED) is 0.578. The lowest BCUT2D eigenvalue weighted by atomic mass is 10.2. The first kappa shape index (κ1) is 21.3. The van der Waals surface area contributed by atoms with Crippen molar-refractivity contribution in [2.24, 2.45) is 0 Å². The molecule has 0 aliphatic rings. The lowest BCUT2D eigenvalue weighted by Gasteiger charge is -2.13. The number of carbonyl (C=O) groups is 2. The van der Waals surface area contributed by atoms with Crippen LogP contribution in [0.25, 0.3) is 0 Å². The summed E-state index contributed by atoms with van der Waals surface area (Å²) in [5.41, 5.74) is 1.95. The van der Waals surface area contributed by atoms with Gasteiger partial charge < -0.3 is 20.7 Å². The van der Waals surface area contributed by atoms with Crippen LogP contribution in [-0.4, -0.2) is 31.0 Å². The number of carbonyl (C=O) groups excluding carboxylic acids is 2. The molecule has 0 aliphatic heterocycles. The summed E-state index contributed by atoms with van der Waals surface area (Å²) >= 11 is 0. The van der Waals surface area contributed by atoms with E-state index in [1.165, 1.54) is 0 Å². The Morgan fingerprint density at radius 2 is 1.79 bits per heavy atom.